The van der Waals surface area contributed by atoms with Crippen LogP contribution in [0.1, 0.15) is 43.4 Å². The smallest absolute Gasteiger partial charge is 0.426 e. The number of urea groups is 1. The standard InChI is InChI=1S/C32H33F5N6O2S/c1-5-46-30(40-27-18-21(4)6-15-26(27)20(2)3)41-29(44)38-17-16-22-7-9-23(10-8-22)28-39-19-43(42-28)24-11-13-25(14-12-24)45-32(36,37)31(33,34)35/h6-15,18-20H,5,16-17H2,1-4H3,(H2,38,40,41,44). The monoisotopic (exact) mass is 660 g/mol. The van der Waals surface area contributed by atoms with Crippen molar-refractivity contribution in [2.75, 3.05) is 12.3 Å². The number of nitrogens with zero attached hydrogens (tertiary/aromatic N) is 4. The molecule has 0 saturated heterocycles. The fourth-order valence-electron chi connectivity index (χ4n) is 4.26. The van der Waals surface area contributed by atoms with Gasteiger partial charge in [0.1, 0.15) is 12.1 Å². The van der Waals surface area contributed by atoms with Gasteiger partial charge in [-0.1, -0.05) is 68.9 Å². The average molecular weight is 661 g/mol. The van der Waals surface area contributed by atoms with Crippen molar-refractivity contribution >= 4 is 28.6 Å². The molecule has 0 atom stereocenters. The van der Waals surface area contributed by atoms with Gasteiger partial charge in [-0.2, -0.15) is 22.0 Å². The number of nitrogens with one attached hydrogen (secondary N) is 2. The first-order valence-electron chi connectivity index (χ1n) is 14.4. The first-order valence-corrected chi connectivity index (χ1v) is 15.4. The van der Waals surface area contributed by atoms with Gasteiger partial charge in [0.2, 0.25) is 0 Å². The second-order valence-corrected chi connectivity index (χ2v) is 11.8. The quantitative estimate of drug-likeness (QED) is 0.102. The molecule has 0 aliphatic rings. The lowest BCUT2D eigenvalue weighted by molar-refractivity contribution is -0.360. The third kappa shape index (κ3) is 9.05. The molecule has 2 amide bonds. The second kappa shape index (κ2) is 14.8. The molecule has 1 aromatic heterocycles. The topological polar surface area (TPSA) is 93.4 Å². The molecule has 0 aliphatic heterocycles. The highest BCUT2D eigenvalue weighted by Gasteiger charge is 2.61. The zero-order valence-corrected chi connectivity index (χ0v) is 26.3. The Hall–Kier alpha value is -4.46. The summed E-state index contributed by atoms with van der Waals surface area (Å²) in [6, 6.07) is 17.7. The Morgan fingerprint density at radius 1 is 1.02 bits per heavy atom. The number of aryl methyl sites for hydroxylation is 1. The zero-order chi connectivity index (χ0) is 33.5. The van der Waals surface area contributed by atoms with Gasteiger partial charge in [-0.15, -0.1) is 5.10 Å². The van der Waals surface area contributed by atoms with E-state index in [4.69, 9.17) is 4.99 Å². The predicted molar refractivity (Wildman–Crippen MR) is 169 cm³/mol. The van der Waals surface area contributed by atoms with E-state index < -0.39 is 18.0 Å². The van der Waals surface area contributed by atoms with Crippen LogP contribution in [0.15, 0.2) is 78.0 Å². The molecule has 0 radical (unpaired) electrons. The number of rotatable bonds is 10. The first-order chi connectivity index (χ1) is 21.8. The number of aliphatic imine (C=N–C) groups is 1. The minimum absolute atomic E-state index is 0.287. The molecule has 0 unspecified atom stereocenters. The van der Waals surface area contributed by atoms with Gasteiger partial charge in [-0.25, -0.2) is 19.5 Å². The molecule has 14 heteroatoms. The molecule has 244 valence electrons. The molecule has 1 heterocycles. The number of benzene rings is 3. The highest BCUT2D eigenvalue weighted by molar-refractivity contribution is 8.13. The lowest BCUT2D eigenvalue weighted by atomic mass is 10.00. The van der Waals surface area contributed by atoms with Crippen LogP contribution in [-0.2, 0) is 6.42 Å². The highest BCUT2D eigenvalue weighted by Crippen LogP contribution is 2.37. The maximum Gasteiger partial charge on any atom is 0.499 e. The average Bonchev–Trinajstić information content (AvgIpc) is 3.48. The Balaban J connectivity index is 1.31. The maximum absolute atomic E-state index is 13.1. The van der Waals surface area contributed by atoms with E-state index in [2.05, 4.69) is 51.4 Å². The molecular formula is C32H33F5N6O2S. The van der Waals surface area contributed by atoms with Crippen molar-refractivity contribution in [3.63, 3.8) is 0 Å². The van der Waals surface area contributed by atoms with E-state index in [0.29, 0.717) is 35.2 Å². The number of thioether (sulfide) groups is 1. The third-order valence-electron chi connectivity index (χ3n) is 6.61. The number of aromatic nitrogens is 3. The van der Waals surface area contributed by atoms with Crippen LogP contribution in [0.5, 0.6) is 5.75 Å². The number of hydrogen-bond donors (Lipinski definition) is 2. The molecule has 0 fully saturated rings. The van der Waals surface area contributed by atoms with Crippen LogP contribution in [0.2, 0.25) is 0 Å². The molecule has 0 spiro atoms. The Morgan fingerprint density at radius 2 is 1.72 bits per heavy atom. The minimum Gasteiger partial charge on any atom is -0.426 e. The van der Waals surface area contributed by atoms with Crippen LogP contribution >= 0.6 is 11.8 Å². The number of amides is 2. The van der Waals surface area contributed by atoms with Crippen LogP contribution in [0, 0.1) is 6.92 Å². The van der Waals surface area contributed by atoms with E-state index in [9.17, 15) is 26.7 Å². The second-order valence-electron chi connectivity index (χ2n) is 10.5. The fourth-order valence-corrected chi connectivity index (χ4v) is 4.86. The number of carbonyl (C=O) groups is 1. The SMILES string of the molecule is CCSC(=Nc1cc(C)ccc1C(C)C)NC(=O)NCCc1ccc(-c2ncn(-c3ccc(OC(F)(F)C(F)(F)F)cc3)n2)cc1. The summed E-state index contributed by atoms with van der Waals surface area (Å²) >= 11 is 1.45. The van der Waals surface area contributed by atoms with E-state index in [1.807, 2.05) is 44.2 Å². The number of ether oxygens (including phenoxy) is 1. The molecule has 3 aromatic carbocycles. The maximum atomic E-state index is 13.1. The Morgan fingerprint density at radius 3 is 2.35 bits per heavy atom. The Bertz CT molecular complexity index is 1650. The van der Waals surface area contributed by atoms with Gasteiger partial charge in [-0.05, 0) is 72.0 Å². The van der Waals surface area contributed by atoms with Crippen molar-refractivity contribution in [3.05, 3.63) is 89.7 Å². The largest absolute Gasteiger partial charge is 0.499 e. The molecule has 2 N–H and O–H groups in total. The van der Waals surface area contributed by atoms with E-state index in [-0.39, 0.29) is 11.9 Å². The Kier molecular flexibility index (Phi) is 11.0. The van der Waals surface area contributed by atoms with Gasteiger partial charge < -0.3 is 10.1 Å². The van der Waals surface area contributed by atoms with E-state index in [1.165, 1.54) is 34.9 Å². The van der Waals surface area contributed by atoms with Crippen molar-refractivity contribution in [2.24, 2.45) is 4.99 Å². The van der Waals surface area contributed by atoms with Crippen molar-refractivity contribution in [2.45, 2.75) is 52.3 Å². The van der Waals surface area contributed by atoms with Crippen LogP contribution < -0.4 is 15.4 Å². The van der Waals surface area contributed by atoms with Crippen LogP contribution in [0.25, 0.3) is 17.1 Å². The van der Waals surface area contributed by atoms with E-state index >= 15 is 0 Å². The van der Waals surface area contributed by atoms with Gasteiger partial charge in [0, 0.05) is 12.1 Å². The molecule has 46 heavy (non-hydrogen) atoms. The van der Waals surface area contributed by atoms with Crippen LogP contribution in [0.4, 0.5) is 32.4 Å². The lowest BCUT2D eigenvalue weighted by Crippen LogP contribution is -2.41. The first kappa shape index (κ1) is 34.4. The van der Waals surface area contributed by atoms with Gasteiger partial charge in [0.05, 0.1) is 11.4 Å². The highest BCUT2D eigenvalue weighted by atomic mass is 32.2. The third-order valence-corrected chi connectivity index (χ3v) is 7.37. The summed E-state index contributed by atoms with van der Waals surface area (Å²) < 4.78 is 68.6. The summed E-state index contributed by atoms with van der Waals surface area (Å²) in [4.78, 5) is 21.7. The molecule has 4 aromatic rings. The fraction of sp³-hybridized carbons (Fsp3) is 0.312. The Labute approximate surface area is 267 Å². The summed E-state index contributed by atoms with van der Waals surface area (Å²) in [5.41, 5.74) is 5.08. The summed E-state index contributed by atoms with van der Waals surface area (Å²) in [6.07, 6.45) is -9.18. The molecule has 8 nitrogen and oxygen atoms in total. The number of hydrogen-bond acceptors (Lipinski definition) is 6. The van der Waals surface area contributed by atoms with Crippen molar-refractivity contribution in [3.8, 4) is 22.8 Å². The van der Waals surface area contributed by atoms with Crippen molar-refractivity contribution in [1.82, 2.24) is 25.4 Å². The molecule has 4 rings (SSSR count). The molecule has 0 bridgehead atoms. The van der Waals surface area contributed by atoms with Crippen molar-refractivity contribution in [1.29, 1.82) is 0 Å². The van der Waals surface area contributed by atoms with E-state index in [1.54, 1.807) is 0 Å². The number of halogens is 5. The predicted octanol–water partition coefficient (Wildman–Crippen LogP) is 8.18. The molecular weight excluding hydrogens is 627 g/mol. The van der Waals surface area contributed by atoms with E-state index in [0.717, 1.165) is 40.3 Å². The molecule has 0 saturated carbocycles. The van der Waals surface area contributed by atoms with Gasteiger partial charge in [0.25, 0.3) is 0 Å². The normalized spacial score (nSPS) is 12.3. The van der Waals surface area contributed by atoms with Gasteiger partial charge >= 0.3 is 18.3 Å². The number of alkyl halides is 5. The van der Waals surface area contributed by atoms with Crippen LogP contribution in [0.3, 0.4) is 0 Å². The summed E-state index contributed by atoms with van der Waals surface area (Å²) in [5.74, 6) is 0.761. The summed E-state index contributed by atoms with van der Waals surface area (Å²) in [5, 5.41) is 10.6. The van der Waals surface area contributed by atoms with Gasteiger partial charge in [0.15, 0.2) is 11.0 Å². The minimum atomic E-state index is -5.83. The van der Waals surface area contributed by atoms with Crippen molar-refractivity contribution < 1.29 is 31.5 Å². The summed E-state index contributed by atoms with van der Waals surface area (Å²) in [6.45, 7) is 8.59. The number of carbonyl (C=O) groups excluding carboxylic acids is 1. The van der Waals surface area contributed by atoms with Crippen LogP contribution in [-0.4, -0.2) is 50.5 Å². The molecule has 0 aliphatic carbocycles. The number of amidine groups is 1. The van der Waals surface area contributed by atoms with Gasteiger partial charge in [-0.3, -0.25) is 5.32 Å². The lowest BCUT2D eigenvalue weighted by Gasteiger charge is -2.20. The zero-order valence-electron chi connectivity index (χ0n) is 25.5. The summed E-state index contributed by atoms with van der Waals surface area (Å²) in [7, 11) is 0.